The second-order valence-corrected chi connectivity index (χ2v) is 4.32. The van der Waals surface area contributed by atoms with E-state index in [-0.39, 0.29) is 11.5 Å². The van der Waals surface area contributed by atoms with E-state index >= 15 is 0 Å². The molecule has 0 spiro atoms. The Balaban J connectivity index is 2.35. The molecule has 0 saturated heterocycles. The predicted molar refractivity (Wildman–Crippen MR) is 47.7 cm³/mol. The molecule has 0 aromatic carbocycles. The number of rotatable bonds is 2. The third-order valence-electron chi connectivity index (χ3n) is 1.84. The molecule has 1 fully saturated rings. The van der Waals surface area contributed by atoms with Crippen molar-refractivity contribution < 1.29 is 9.53 Å². The highest BCUT2D eigenvalue weighted by molar-refractivity contribution is 5.85. The number of hydrogen-bond acceptors (Lipinski definition) is 2. The molecule has 0 bridgehead atoms. The minimum absolute atomic E-state index is 0.185. The van der Waals surface area contributed by atoms with Crippen LogP contribution in [0.1, 0.15) is 33.6 Å². The smallest absolute Gasteiger partial charge is 0.134 e. The van der Waals surface area contributed by atoms with E-state index in [0.29, 0.717) is 18.6 Å². The largest absolute Gasteiger partial charge is 0.493 e. The molecule has 0 N–H and O–H groups in total. The van der Waals surface area contributed by atoms with Gasteiger partial charge >= 0.3 is 0 Å². The van der Waals surface area contributed by atoms with Gasteiger partial charge in [0.25, 0.3) is 0 Å². The number of ketones is 1. The molecule has 1 saturated carbocycles. The maximum Gasteiger partial charge on any atom is 0.134 e. The maximum absolute atomic E-state index is 10.7. The number of carbonyl (C=O) groups is 1. The molecule has 1 rings (SSSR count). The Kier molecular flexibility index (Phi) is 2.27. The lowest BCUT2D eigenvalue weighted by atomic mass is 9.83. The monoisotopic (exact) mass is 168 g/mol. The van der Waals surface area contributed by atoms with E-state index in [2.05, 4.69) is 6.58 Å². The summed E-state index contributed by atoms with van der Waals surface area (Å²) in [5.74, 6) is 1.36. The van der Waals surface area contributed by atoms with E-state index in [1.54, 1.807) is 0 Å². The molecule has 0 radical (unpaired) electrons. The zero-order valence-electron chi connectivity index (χ0n) is 8.02. The van der Waals surface area contributed by atoms with Crippen LogP contribution in [0.25, 0.3) is 0 Å². The summed E-state index contributed by atoms with van der Waals surface area (Å²) in [4.78, 5) is 10.7. The van der Waals surface area contributed by atoms with Crippen molar-refractivity contribution in [2.45, 2.75) is 39.2 Å². The van der Waals surface area contributed by atoms with Gasteiger partial charge in [0.1, 0.15) is 11.4 Å². The highest BCUT2D eigenvalue weighted by Gasteiger charge is 2.31. The summed E-state index contributed by atoms with van der Waals surface area (Å²) in [5, 5.41) is 0. The standard InChI is InChI=1S/C10H16O2/c1-7(12-10(2,3)4)8-5-9(11)6-8/h8H,1,5-6H2,2-4H3. The molecular weight excluding hydrogens is 152 g/mol. The van der Waals surface area contributed by atoms with Crippen LogP contribution in [0.2, 0.25) is 0 Å². The summed E-state index contributed by atoms with van der Waals surface area (Å²) in [6.45, 7) is 9.78. The first-order chi connectivity index (χ1) is 5.38. The van der Waals surface area contributed by atoms with E-state index in [4.69, 9.17) is 4.74 Å². The molecule has 2 nitrogen and oxygen atoms in total. The number of allylic oxidation sites excluding steroid dienone is 1. The average Bonchev–Trinajstić information content (AvgIpc) is 1.76. The van der Waals surface area contributed by atoms with Gasteiger partial charge in [-0.25, -0.2) is 0 Å². The molecule has 1 aliphatic rings. The molecule has 1 aliphatic carbocycles. The van der Waals surface area contributed by atoms with Crippen molar-refractivity contribution in [1.29, 1.82) is 0 Å². The van der Waals surface area contributed by atoms with Gasteiger partial charge in [-0.15, -0.1) is 0 Å². The highest BCUT2D eigenvalue weighted by Crippen LogP contribution is 2.31. The van der Waals surface area contributed by atoms with E-state index < -0.39 is 0 Å². The summed E-state index contributed by atoms with van der Waals surface area (Å²) < 4.78 is 5.54. The maximum atomic E-state index is 10.7. The van der Waals surface area contributed by atoms with E-state index in [1.807, 2.05) is 20.8 Å². The molecule has 2 heteroatoms. The Morgan fingerprint density at radius 2 is 2.00 bits per heavy atom. The minimum Gasteiger partial charge on any atom is -0.493 e. The van der Waals surface area contributed by atoms with Crippen molar-refractivity contribution in [2.75, 3.05) is 0 Å². The van der Waals surface area contributed by atoms with Crippen LogP contribution in [0.5, 0.6) is 0 Å². The summed E-state index contributed by atoms with van der Waals surface area (Å²) in [7, 11) is 0. The molecule has 0 amide bonds. The van der Waals surface area contributed by atoms with Crippen LogP contribution in [-0.2, 0) is 9.53 Å². The first kappa shape index (κ1) is 9.30. The van der Waals surface area contributed by atoms with Gasteiger partial charge in [-0.1, -0.05) is 6.58 Å². The second kappa shape index (κ2) is 2.92. The van der Waals surface area contributed by atoms with Crippen molar-refractivity contribution >= 4 is 5.78 Å². The van der Waals surface area contributed by atoms with Crippen molar-refractivity contribution in [2.24, 2.45) is 5.92 Å². The van der Waals surface area contributed by atoms with Crippen LogP contribution in [0.3, 0.4) is 0 Å². The number of carbonyl (C=O) groups excluding carboxylic acids is 1. The Morgan fingerprint density at radius 1 is 1.50 bits per heavy atom. The lowest BCUT2D eigenvalue weighted by Gasteiger charge is -2.31. The average molecular weight is 168 g/mol. The van der Waals surface area contributed by atoms with Crippen LogP contribution in [0.15, 0.2) is 12.3 Å². The Labute approximate surface area is 73.6 Å². The van der Waals surface area contributed by atoms with Crippen LogP contribution < -0.4 is 0 Å². The molecule has 0 heterocycles. The topological polar surface area (TPSA) is 26.3 Å². The van der Waals surface area contributed by atoms with E-state index in [9.17, 15) is 4.79 Å². The first-order valence-corrected chi connectivity index (χ1v) is 4.28. The van der Waals surface area contributed by atoms with Gasteiger partial charge in [0.15, 0.2) is 0 Å². The zero-order chi connectivity index (χ0) is 9.35. The normalized spacial score (nSPS) is 18.8. The fraction of sp³-hybridized carbons (Fsp3) is 0.700. The van der Waals surface area contributed by atoms with Gasteiger partial charge in [-0.2, -0.15) is 0 Å². The molecule has 0 unspecified atom stereocenters. The highest BCUT2D eigenvalue weighted by atomic mass is 16.5. The van der Waals surface area contributed by atoms with Gasteiger partial charge in [-0.05, 0) is 20.8 Å². The summed E-state index contributed by atoms with van der Waals surface area (Å²) in [5.41, 5.74) is -0.185. The number of ether oxygens (including phenoxy) is 1. The lowest BCUT2D eigenvalue weighted by Crippen LogP contribution is -2.29. The van der Waals surface area contributed by atoms with Gasteiger partial charge in [-0.3, -0.25) is 4.79 Å². The molecule has 12 heavy (non-hydrogen) atoms. The van der Waals surface area contributed by atoms with Crippen LogP contribution in [0.4, 0.5) is 0 Å². The Bertz CT molecular complexity index is 202. The number of hydrogen-bond donors (Lipinski definition) is 0. The number of Topliss-reactive ketones (excluding diaryl/α,β-unsaturated/α-hetero) is 1. The van der Waals surface area contributed by atoms with Crippen molar-refractivity contribution in [1.82, 2.24) is 0 Å². The Morgan fingerprint density at radius 3 is 2.33 bits per heavy atom. The molecule has 0 aromatic heterocycles. The molecule has 0 atom stereocenters. The fourth-order valence-electron chi connectivity index (χ4n) is 1.19. The van der Waals surface area contributed by atoms with Crippen molar-refractivity contribution in [3.05, 3.63) is 12.3 Å². The summed E-state index contributed by atoms with van der Waals surface area (Å²) in [6.07, 6.45) is 1.24. The van der Waals surface area contributed by atoms with E-state index in [0.717, 1.165) is 5.76 Å². The summed E-state index contributed by atoms with van der Waals surface area (Å²) >= 11 is 0. The van der Waals surface area contributed by atoms with Crippen molar-refractivity contribution in [3.63, 3.8) is 0 Å². The summed E-state index contributed by atoms with van der Waals surface area (Å²) in [6, 6.07) is 0. The van der Waals surface area contributed by atoms with Gasteiger partial charge < -0.3 is 4.74 Å². The van der Waals surface area contributed by atoms with Gasteiger partial charge in [0.05, 0.1) is 5.76 Å². The molecule has 0 aromatic rings. The minimum atomic E-state index is -0.185. The second-order valence-electron chi connectivity index (χ2n) is 4.32. The fourth-order valence-corrected chi connectivity index (χ4v) is 1.19. The third kappa shape index (κ3) is 2.36. The van der Waals surface area contributed by atoms with E-state index in [1.165, 1.54) is 0 Å². The molecule has 0 aliphatic heterocycles. The molecular formula is C10H16O2. The third-order valence-corrected chi connectivity index (χ3v) is 1.84. The van der Waals surface area contributed by atoms with Crippen LogP contribution >= 0.6 is 0 Å². The van der Waals surface area contributed by atoms with Crippen LogP contribution in [0, 0.1) is 5.92 Å². The van der Waals surface area contributed by atoms with Crippen molar-refractivity contribution in [3.8, 4) is 0 Å². The SMILES string of the molecule is C=C(OC(C)(C)C)C1CC(=O)C1. The van der Waals surface area contributed by atoms with Crippen LogP contribution in [-0.4, -0.2) is 11.4 Å². The predicted octanol–water partition coefficient (Wildman–Crippen LogP) is 2.29. The molecule has 68 valence electrons. The van der Waals surface area contributed by atoms with Gasteiger partial charge in [0.2, 0.25) is 0 Å². The first-order valence-electron chi connectivity index (χ1n) is 4.28. The Hall–Kier alpha value is -0.790. The quantitative estimate of drug-likeness (QED) is 0.591. The van der Waals surface area contributed by atoms with Gasteiger partial charge in [0, 0.05) is 18.8 Å². The zero-order valence-corrected chi connectivity index (χ0v) is 8.02. The lowest BCUT2D eigenvalue weighted by molar-refractivity contribution is -0.127.